The number of unbranched alkanes of at least 4 members (excludes halogenated alkanes) is 1. The molecule has 0 saturated carbocycles. The first-order valence-corrected chi connectivity index (χ1v) is 12.0. The zero-order valence-electron chi connectivity index (χ0n) is 20.6. The molecule has 0 radical (unpaired) electrons. The number of hydroxylamine groups is 1. The van der Waals surface area contributed by atoms with Gasteiger partial charge in [-0.05, 0) is 29.5 Å². The van der Waals surface area contributed by atoms with E-state index in [1.54, 1.807) is 6.07 Å². The van der Waals surface area contributed by atoms with Gasteiger partial charge in [-0.15, -0.1) is 0 Å². The van der Waals surface area contributed by atoms with Crippen molar-refractivity contribution in [2.75, 3.05) is 6.54 Å². The maximum absolute atomic E-state index is 13.4. The number of hydrogen-bond acceptors (Lipinski definition) is 5. The molecule has 182 valence electrons. The number of rotatable bonds is 12. The minimum Gasteiger partial charge on any atom is -0.453 e. The highest BCUT2D eigenvalue weighted by molar-refractivity contribution is 6.03. The summed E-state index contributed by atoms with van der Waals surface area (Å²) >= 11 is 0. The lowest BCUT2D eigenvalue weighted by molar-refractivity contribution is -0.127. The predicted molar refractivity (Wildman–Crippen MR) is 134 cm³/mol. The number of para-hydroxylation sites is 1. The number of ketones is 1. The summed E-state index contributed by atoms with van der Waals surface area (Å²) < 4.78 is 5.80. The first kappa shape index (κ1) is 25.7. The molecule has 0 fully saturated rings. The number of hydrogen-bond donors (Lipinski definition) is 2. The monoisotopic (exact) mass is 464 g/mol. The second-order valence-corrected chi connectivity index (χ2v) is 9.78. The van der Waals surface area contributed by atoms with Crippen molar-refractivity contribution in [2.45, 2.75) is 59.6 Å². The van der Waals surface area contributed by atoms with Gasteiger partial charge in [-0.2, -0.15) is 0 Å². The van der Waals surface area contributed by atoms with E-state index in [2.05, 4.69) is 17.7 Å². The summed E-state index contributed by atoms with van der Waals surface area (Å²) in [5.41, 5.74) is 4.17. The van der Waals surface area contributed by atoms with Crippen LogP contribution in [0.5, 0.6) is 0 Å². The van der Waals surface area contributed by atoms with Crippen LogP contribution in [-0.4, -0.2) is 24.3 Å². The topological polar surface area (TPSA) is 80.6 Å². The van der Waals surface area contributed by atoms with Crippen LogP contribution < -0.4 is 10.8 Å². The molecule has 0 aliphatic carbocycles. The number of fused-ring (bicyclic) bond motifs is 1. The maximum atomic E-state index is 13.4. The fourth-order valence-corrected chi connectivity index (χ4v) is 3.83. The first-order chi connectivity index (χ1) is 16.3. The number of furan rings is 1. The molecule has 34 heavy (non-hydrogen) atoms. The summed E-state index contributed by atoms with van der Waals surface area (Å²) in [6.45, 7) is 8.71. The molecule has 6 nitrogen and oxygen atoms in total. The molecule has 0 saturated heterocycles. The quantitative estimate of drug-likeness (QED) is 0.205. The Morgan fingerprint density at radius 3 is 2.41 bits per heavy atom. The molecule has 3 rings (SSSR count). The molecular formula is C28H36N2O4. The van der Waals surface area contributed by atoms with Crippen LogP contribution in [0, 0.1) is 11.3 Å². The van der Waals surface area contributed by atoms with Gasteiger partial charge < -0.3 is 9.73 Å². The lowest BCUT2D eigenvalue weighted by Gasteiger charge is -2.31. The van der Waals surface area contributed by atoms with Crippen molar-refractivity contribution in [3.8, 4) is 0 Å². The fourth-order valence-electron chi connectivity index (χ4n) is 3.83. The Labute approximate surface area is 202 Å². The molecule has 2 atom stereocenters. The van der Waals surface area contributed by atoms with Gasteiger partial charge in [0.15, 0.2) is 5.76 Å². The molecule has 0 aliphatic rings. The molecule has 6 heteroatoms. The minimum absolute atomic E-state index is 0.159. The lowest BCUT2D eigenvalue weighted by Crippen LogP contribution is -2.51. The average molecular weight is 465 g/mol. The van der Waals surface area contributed by atoms with Gasteiger partial charge in [0, 0.05) is 11.9 Å². The number of amides is 1. The van der Waals surface area contributed by atoms with Crippen LogP contribution in [0.3, 0.4) is 0 Å². The van der Waals surface area contributed by atoms with Crippen molar-refractivity contribution in [2.24, 2.45) is 11.3 Å². The highest BCUT2D eigenvalue weighted by Crippen LogP contribution is 2.27. The summed E-state index contributed by atoms with van der Waals surface area (Å²) in [6.07, 6.45) is 2.60. The van der Waals surface area contributed by atoms with E-state index in [0.717, 1.165) is 23.8 Å². The molecule has 3 aromatic rings. The molecule has 0 unspecified atom stereocenters. The van der Waals surface area contributed by atoms with Crippen molar-refractivity contribution in [3.05, 3.63) is 72.0 Å². The highest BCUT2D eigenvalue weighted by Gasteiger charge is 2.36. The summed E-state index contributed by atoms with van der Waals surface area (Å²) in [4.78, 5) is 32.3. The molecule has 2 aromatic carbocycles. The molecule has 2 N–H and O–H groups in total. The molecule has 1 aromatic heterocycles. The Morgan fingerprint density at radius 2 is 1.74 bits per heavy atom. The Bertz CT molecular complexity index is 1040. The van der Waals surface area contributed by atoms with Gasteiger partial charge in [-0.25, -0.2) is 5.48 Å². The third-order valence-corrected chi connectivity index (χ3v) is 5.87. The number of carbonyl (C=O) groups excluding carboxylic acids is 2. The average Bonchev–Trinajstić information content (AvgIpc) is 3.26. The van der Waals surface area contributed by atoms with Gasteiger partial charge in [-0.3, -0.25) is 14.4 Å². The summed E-state index contributed by atoms with van der Waals surface area (Å²) in [6, 6.07) is 18.4. The smallest absolute Gasteiger partial charge is 0.225 e. The van der Waals surface area contributed by atoms with E-state index in [0.29, 0.717) is 25.2 Å². The number of Topliss-reactive ketones (excluding diaryl/α,β-unsaturated/α-hetero) is 1. The van der Waals surface area contributed by atoms with Crippen molar-refractivity contribution < 1.29 is 18.8 Å². The molecule has 1 amide bonds. The van der Waals surface area contributed by atoms with E-state index in [1.807, 2.05) is 75.4 Å². The highest BCUT2D eigenvalue weighted by atomic mass is 16.6. The molecule has 0 spiro atoms. The fraction of sp³-hybridized carbons (Fsp3) is 0.429. The van der Waals surface area contributed by atoms with Crippen LogP contribution in [0.25, 0.3) is 11.0 Å². The molecule has 0 aliphatic heterocycles. The normalized spacial score (nSPS) is 13.5. The van der Waals surface area contributed by atoms with Gasteiger partial charge >= 0.3 is 0 Å². The second kappa shape index (κ2) is 12.0. The van der Waals surface area contributed by atoms with Crippen LogP contribution in [-0.2, 0) is 16.2 Å². The number of benzene rings is 2. The van der Waals surface area contributed by atoms with Gasteiger partial charge in [0.25, 0.3) is 0 Å². The largest absolute Gasteiger partial charge is 0.453 e. The van der Waals surface area contributed by atoms with E-state index < -0.39 is 11.5 Å². The van der Waals surface area contributed by atoms with Gasteiger partial charge in [-0.1, -0.05) is 89.1 Å². The van der Waals surface area contributed by atoms with Crippen LogP contribution in [0.1, 0.15) is 63.1 Å². The molecule has 1 heterocycles. The van der Waals surface area contributed by atoms with E-state index in [-0.39, 0.29) is 23.4 Å². The second-order valence-electron chi connectivity index (χ2n) is 9.78. The summed E-state index contributed by atoms with van der Waals surface area (Å²) in [5, 5.41) is 3.89. The first-order valence-electron chi connectivity index (χ1n) is 12.0. The Kier molecular flexibility index (Phi) is 9.02. The third kappa shape index (κ3) is 7.02. The summed E-state index contributed by atoms with van der Waals surface area (Å²) in [7, 11) is 0. The Balaban J connectivity index is 1.67. The van der Waals surface area contributed by atoms with Crippen LogP contribution in [0.4, 0.5) is 0 Å². The van der Waals surface area contributed by atoms with Gasteiger partial charge in [0.1, 0.15) is 11.6 Å². The standard InChI is InChI=1S/C28H36N2O4/c1-5-6-14-22(18-29-33-19-20-12-8-7-9-13-20)27(32)30-26(28(2,3)4)25(31)24-17-21-15-10-11-16-23(21)34-24/h7-13,15-17,22,26,29H,5-6,14,18-19H2,1-4H3,(H,30,32)/t22-,26-/m1/s1. The van der Waals surface area contributed by atoms with Crippen molar-refractivity contribution in [1.29, 1.82) is 0 Å². The van der Waals surface area contributed by atoms with Crippen LogP contribution in [0.15, 0.2) is 65.1 Å². The van der Waals surface area contributed by atoms with Crippen molar-refractivity contribution >= 4 is 22.7 Å². The van der Waals surface area contributed by atoms with E-state index >= 15 is 0 Å². The number of carbonyl (C=O) groups is 2. The van der Waals surface area contributed by atoms with E-state index in [1.165, 1.54) is 0 Å². The minimum atomic E-state index is -0.713. The van der Waals surface area contributed by atoms with Crippen LogP contribution >= 0.6 is 0 Å². The molecule has 0 bridgehead atoms. The summed E-state index contributed by atoms with van der Waals surface area (Å²) in [5.74, 6) is -0.437. The van der Waals surface area contributed by atoms with E-state index in [4.69, 9.17) is 9.25 Å². The zero-order chi connectivity index (χ0) is 24.6. The third-order valence-electron chi connectivity index (χ3n) is 5.87. The Morgan fingerprint density at radius 1 is 1.03 bits per heavy atom. The predicted octanol–water partition coefficient (Wildman–Crippen LogP) is 5.67. The maximum Gasteiger partial charge on any atom is 0.225 e. The SMILES string of the molecule is CCCC[C@H](CNOCc1ccccc1)C(=O)N[C@H](C(=O)c1cc2ccccc2o1)C(C)(C)C. The Hall–Kier alpha value is -2.96. The zero-order valence-corrected chi connectivity index (χ0v) is 20.6. The number of nitrogens with one attached hydrogen (secondary N) is 2. The van der Waals surface area contributed by atoms with Gasteiger partial charge in [0.05, 0.1) is 12.5 Å². The lowest BCUT2D eigenvalue weighted by atomic mass is 9.83. The van der Waals surface area contributed by atoms with Crippen molar-refractivity contribution in [3.63, 3.8) is 0 Å². The van der Waals surface area contributed by atoms with E-state index in [9.17, 15) is 9.59 Å². The van der Waals surface area contributed by atoms with Crippen LogP contribution in [0.2, 0.25) is 0 Å². The van der Waals surface area contributed by atoms with Gasteiger partial charge in [0.2, 0.25) is 11.7 Å². The van der Waals surface area contributed by atoms with Crippen molar-refractivity contribution in [1.82, 2.24) is 10.8 Å². The molecular weight excluding hydrogens is 428 g/mol.